The summed E-state index contributed by atoms with van der Waals surface area (Å²) in [4.78, 5) is 10.5. The molecule has 0 aliphatic rings. The van der Waals surface area contributed by atoms with E-state index in [1.807, 2.05) is 0 Å². The zero-order chi connectivity index (χ0) is 10.7. The van der Waals surface area contributed by atoms with Crippen molar-refractivity contribution < 1.29 is 18.0 Å². The molecule has 0 aliphatic carbocycles. The van der Waals surface area contributed by atoms with Gasteiger partial charge in [-0.3, -0.25) is 4.79 Å². The molecule has 0 spiro atoms. The first-order valence-corrected chi connectivity index (χ1v) is 3.84. The van der Waals surface area contributed by atoms with E-state index in [1.165, 1.54) is 13.0 Å². The first kappa shape index (κ1) is 10.5. The van der Waals surface area contributed by atoms with E-state index in [0.29, 0.717) is 0 Å². The normalized spacial score (nSPS) is 10.9. The summed E-state index contributed by atoms with van der Waals surface area (Å²) in [6, 6.07) is 1.63. The number of hydrogen-bond donors (Lipinski definition) is 0. The van der Waals surface area contributed by atoms with Crippen LogP contribution < -0.4 is 0 Å². The maximum atomic E-state index is 12.6. The van der Waals surface area contributed by atoms with Crippen molar-refractivity contribution in [3.05, 3.63) is 41.2 Å². The molecule has 1 rings (SSSR count). The number of allylic oxidation sites excluding steroid dienone is 1. The molecule has 14 heavy (non-hydrogen) atoms. The van der Waals surface area contributed by atoms with E-state index in [0.717, 1.165) is 18.2 Å². The molecule has 1 nitrogen and oxygen atoms in total. The van der Waals surface area contributed by atoms with Crippen LogP contribution in [0.25, 0.3) is 6.08 Å². The van der Waals surface area contributed by atoms with E-state index in [2.05, 4.69) is 0 Å². The lowest BCUT2D eigenvalue weighted by Crippen LogP contribution is -1.91. The summed E-state index contributed by atoms with van der Waals surface area (Å²) in [7, 11) is 0. The number of hydrogen-bond acceptors (Lipinski definition) is 1. The van der Waals surface area contributed by atoms with Crippen molar-refractivity contribution in [2.24, 2.45) is 0 Å². The molecule has 0 atom stereocenters. The van der Waals surface area contributed by atoms with Crippen molar-refractivity contribution >= 4 is 11.9 Å². The molecule has 0 bridgehead atoms. The molecule has 0 aliphatic heterocycles. The van der Waals surface area contributed by atoms with Crippen molar-refractivity contribution in [1.29, 1.82) is 0 Å². The molecule has 0 radical (unpaired) electrons. The second-order valence-electron chi connectivity index (χ2n) is 2.74. The zero-order valence-corrected chi connectivity index (χ0v) is 7.35. The van der Waals surface area contributed by atoms with Gasteiger partial charge in [-0.05, 0) is 30.7 Å². The van der Waals surface area contributed by atoms with Gasteiger partial charge in [-0.15, -0.1) is 0 Å². The Morgan fingerprint density at radius 1 is 1.21 bits per heavy atom. The van der Waals surface area contributed by atoms with Crippen LogP contribution in [0.15, 0.2) is 18.2 Å². The van der Waals surface area contributed by atoms with Crippen LogP contribution in [0.2, 0.25) is 0 Å². The van der Waals surface area contributed by atoms with Gasteiger partial charge in [0.25, 0.3) is 0 Å². The third kappa shape index (κ3) is 2.45. The second kappa shape index (κ2) is 4.09. The summed E-state index contributed by atoms with van der Waals surface area (Å²) in [5.41, 5.74) is 0.108. The molecule has 1 aromatic carbocycles. The standard InChI is InChI=1S/C10H7F3O/c1-6(14)2-3-7-4-8(11)10(13)9(12)5-7/h2-5H,1H3/b3-2+. The Morgan fingerprint density at radius 2 is 1.71 bits per heavy atom. The van der Waals surface area contributed by atoms with E-state index in [4.69, 9.17) is 0 Å². The molecule has 0 saturated heterocycles. The minimum atomic E-state index is -1.51. The van der Waals surface area contributed by atoms with Gasteiger partial charge in [-0.2, -0.15) is 0 Å². The summed E-state index contributed by atoms with van der Waals surface area (Å²) < 4.78 is 37.7. The van der Waals surface area contributed by atoms with Crippen molar-refractivity contribution in [3.8, 4) is 0 Å². The average Bonchev–Trinajstić information content (AvgIpc) is 2.10. The zero-order valence-electron chi connectivity index (χ0n) is 7.35. The van der Waals surface area contributed by atoms with Gasteiger partial charge >= 0.3 is 0 Å². The fourth-order valence-electron chi connectivity index (χ4n) is 0.885. The molecule has 0 heterocycles. The van der Waals surface area contributed by atoms with Gasteiger partial charge in [-0.1, -0.05) is 6.08 Å². The highest BCUT2D eigenvalue weighted by Gasteiger charge is 2.08. The highest BCUT2D eigenvalue weighted by Crippen LogP contribution is 2.14. The van der Waals surface area contributed by atoms with Crippen molar-refractivity contribution in [1.82, 2.24) is 0 Å². The van der Waals surface area contributed by atoms with Crippen LogP contribution >= 0.6 is 0 Å². The van der Waals surface area contributed by atoms with E-state index >= 15 is 0 Å². The van der Waals surface area contributed by atoms with Crippen LogP contribution in [0.5, 0.6) is 0 Å². The fraction of sp³-hybridized carbons (Fsp3) is 0.100. The number of ketones is 1. The topological polar surface area (TPSA) is 17.1 Å². The third-order valence-electron chi connectivity index (χ3n) is 1.52. The largest absolute Gasteiger partial charge is 0.295 e. The van der Waals surface area contributed by atoms with Crippen LogP contribution in [-0.4, -0.2) is 5.78 Å². The highest BCUT2D eigenvalue weighted by atomic mass is 19.2. The Kier molecular flexibility index (Phi) is 3.06. The van der Waals surface area contributed by atoms with Gasteiger partial charge < -0.3 is 0 Å². The summed E-state index contributed by atoms with van der Waals surface area (Å²) >= 11 is 0. The average molecular weight is 200 g/mol. The lowest BCUT2D eigenvalue weighted by Gasteiger charge is -1.97. The lowest BCUT2D eigenvalue weighted by molar-refractivity contribution is -0.112. The van der Waals surface area contributed by atoms with Crippen molar-refractivity contribution in [2.75, 3.05) is 0 Å². The van der Waals surface area contributed by atoms with Gasteiger partial charge in [0.05, 0.1) is 0 Å². The second-order valence-corrected chi connectivity index (χ2v) is 2.74. The van der Waals surface area contributed by atoms with Crippen LogP contribution in [0.4, 0.5) is 13.2 Å². The van der Waals surface area contributed by atoms with Gasteiger partial charge in [0.2, 0.25) is 0 Å². The first-order chi connectivity index (χ1) is 6.50. The molecule has 0 fully saturated rings. The number of halogens is 3. The maximum Gasteiger partial charge on any atom is 0.194 e. The van der Waals surface area contributed by atoms with E-state index in [-0.39, 0.29) is 11.3 Å². The highest BCUT2D eigenvalue weighted by molar-refractivity contribution is 5.91. The minimum Gasteiger partial charge on any atom is -0.295 e. The van der Waals surface area contributed by atoms with Crippen LogP contribution in [0, 0.1) is 17.5 Å². The Balaban J connectivity index is 3.07. The number of rotatable bonds is 2. The number of carbonyl (C=O) groups excluding carboxylic acids is 1. The molecule has 0 amide bonds. The van der Waals surface area contributed by atoms with Crippen molar-refractivity contribution in [2.45, 2.75) is 6.92 Å². The molecule has 0 N–H and O–H groups in total. The summed E-state index contributed by atoms with van der Waals surface area (Å²) in [6.45, 7) is 1.30. The monoisotopic (exact) mass is 200 g/mol. The summed E-state index contributed by atoms with van der Waals surface area (Å²) in [5.74, 6) is -4.30. The molecule has 4 heteroatoms. The van der Waals surface area contributed by atoms with Gasteiger partial charge in [0.15, 0.2) is 23.2 Å². The Bertz CT molecular complexity index is 373. The quantitative estimate of drug-likeness (QED) is 0.530. The molecule has 1 aromatic rings. The maximum absolute atomic E-state index is 12.6. The number of carbonyl (C=O) groups is 1. The summed E-state index contributed by atoms with van der Waals surface area (Å²) in [5, 5.41) is 0. The van der Waals surface area contributed by atoms with Crippen LogP contribution in [-0.2, 0) is 4.79 Å². The molecule has 0 saturated carbocycles. The van der Waals surface area contributed by atoms with E-state index in [9.17, 15) is 18.0 Å². The first-order valence-electron chi connectivity index (χ1n) is 3.84. The van der Waals surface area contributed by atoms with Crippen LogP contribution in [0.1, 0.15) is 12.5 Å². The minimum absolute atomic E-state index is 0.108. The number of benzene rings is 1. The van der Waals surface area contributed by atoms with Gasteiger partial charge in [0, 0.05) is 0 Å². The van der Waals surface area contributed by atoms with E-state index in [1.54, 1.807) is 0 Å². The molecule has 0 unspecified atom stereocenters. The molecular formula is C10H7F3O. The fourth-order valence-corrected chi connectivity index (χ4v) is 0.885. The molecule has 0 aromatic heterocycles. The Hall–Kier alpha value is -1.58. The van der Waals surface area contributed by atoms with Gasteiger partial charge in [-0.25, -0.2) is 13.2 Å². The Labute approximate surface area is 78.9 Å². The SMILES string of the molecule is CC(=O)/C=C/c1cc(F)c(F)c(F)c1. The lowest BCUT2D eigenvalue weighted by atomic mass is 10.2. The van der Waals surface area contributed by atoms with E-state index < -0.39 is 17.5 Å². The van der Waals surface area contributed by atoms with Crippen molar-refractivity contribution in [3.63, 3.8) is 0 Å². The molecular weight excluding hydrogens is 193 g/mol. The predicted octanol–water partition coefficient (Wildman–Crippen LogP) is 2.71. The van der Waals surface area contributed by atoms with Crippen LogP contribution in [0.3, 0.4) is 0 Å². The third-order valence-corrected chi connectivity index (χ3v) is 1.52. The predicted molar refractivity (Wildman–Crippen MR) is 46.0 cm³/mol. The molecule has 74 valence electrons. The smallest absolute Gasteiger partial charge is 0.194 e. The summed E-state index contributed by atoms with van der Waals surface area (Å²) in [6.07, 6.45) is 2.36. The Morgan fingerprint density at radius 3 is 2.14 bits per heavy atom. The van der Waals surface area contributed by atoms with Gasteiger partial charge in [0.1, 0.15) is 0 Å².